The zero-order valence-electron chi connectivity index (χ0n) is 13.9. The van der Waals surface area contributed by atoms with E-state index in [4.69, 9.17) is 10.5 Å². The summed E-state index contributed by atoms with van der Waals surface area (Å²) in [5, 5.41) is 23.8. The van der Waals surface area contributed by atoms with Crippen molar-refractivity contribution in [3.8, 4) is 17.9 Å². The molecule has 1 aromatic carbocycles. The van der Waals surface area contributed by atoms with Crippen LogP contribution in [0, 0.1) is 22.7 Å². The molecule has 2 N–H and O–H groups in total. The van der Waals surface area contributed by atoms with Gasteiger partial charge in [-0.25, -0.2) is 4.68 Å². The number of rotatable bonds is 4. The number of benzene rings is 1. The molecule has 3 rings (SSSR count). The summed E-state index contributed by atoms with van der Waals surface area (Å²) in [5.74, 6) is 1.04. The molecule has 1 aliphatic heterocycles. The number of nitrogens with zero attached hydrogens (tertiary/aromatic N) is 5. The standard InChI is InChI=1S/C17H16N6OS/c1-24-13-5-3-12(4-6-13)22-9-11(7-18)15(10-22)23-16(20)14(8-19)17(21-23)25-2/h3-6H,9-10,20H2,1-2H3. The number of hydrogen-bond donors (Lipinski definition) is 1. The fourth-order valence-corrected chi connectivity index (χ4v) is 3.27. The molecule has 2 aromatic rings. The first-order valence-electron chi connectivity index (χ1n) is 7.47. The van der Waals surface area contributed by atoms with Crippen LogP contribution in [-0.2, 0) is 0 Å². The predicted octanol–water partition coefficient (Wildman–Crippen LogP) is 2.32. The Hall–Kier alpha value is -3.10. The second-order valence-corrected chi connectivity index (χ2v) is 6.18. The first-order valence-corrected chi connectivity index (χ1v) is 8.69. The molecule has 0 fully saturated rings. The maximum Gasteiger partial charge on any atom is 0.146 e. The lowest BCUT2D eigenvalue weighted by atomic mass is 10.2. The molecule has 1 aromatic heterocycles. The van der Waals surface area contributed by atoms with Crippen molar-refractivity contribution in [1.82, 2.24) is 9.78 Å². The Morgan fingerprint density at radius 3 is 2.44 bits per heavy atom. The number of thioether (sulfide) groups is 1. The van der Waals surface area contributed by atoms with Crippen molar-refractivity contribution in [2.75, 3.05) is 37.1 Å². The summed E-state index contributed by atoms with van der Waals surface area (Å²) in [7, 11) is 1.62. The van der Waals surface area contributed by atoms with Crippen LogP contribution in [-0.4, -0.2) is 36.2 Å². The molecule has 25 heavy (non-hydrogen) atoms. The third-order valence-electron chi connectivity index (χ3n) is 4.06. The number of nitrogen functional groups attached to an aromatic ring is 1. The molecule has 0 atom stereocenters. The van der Waals surface area contributed by atoms with E-state index in [0.717, 1.165) is 11.4 Å². The third-order valence-corrected chi connectivity index (χ3v) is 4.73. The normalized spacial score (nSPS) is 13.7. The Balaban J connectivity index is 1.95. The lowest BCUT2D eigenvalue weighted by molar-refractivity contribution is 0.415. The van der Waals surface area contributed by atoms with Gasteiger partial charge in [-0.1, -0.05) is 0 Å². The van der Waals surface area contributed by atoms with E-state index in [1.165, 1.54) is 16.4 Å². The molecule has 7 nitrogen and oxygen atoms in total. The van der Waals surface area contributed by atoms with E-state index in [1.54, 1.807) is 7.11 Å². The van der Waals surface area contributed by atoms with Gasteiger partial charge in [-0.05, 0) is 30.5 Å². The lowest BCUT2D eigenvalue weighted by Gasteiger charge is -2.19. The molecule has 0 bridgehead atoms. The van der Waals surface area contributed by atoms with Gasteiger partial charge in [0.1, 0.15) is 28.2 Å². The van der Waals surface area contributed by atoms with E-state index in [0.29, 0.717) is 34.9 Å². The van der Waals surface area contributed by atoms with Crippen LogP contribution >= 0.6 is 11.8 Å². The first kappa shape index (κ1) is 16.7. The fourth-order valence-electron chi connectivity index (χ4n) is 2.75. The highest BCUT2D eigenvalue weighted by Gasteiger charge is 2.27. The monoisotopic (exact) mass is 352 g/mol. The van der Waals surface area contributed by atoms with Crippen LogP contribution in [0.1, 0.15) is 5.56 Å². The van der Waals surface area contributed by atoms with Crippen molar-refractivity contribution >= 4 is 29.0 Å². The minimum absolute atomic E-state index is 0.270. The van der Waals surface area contributed by atoms with Crippen molar-refractivity contribution in [2.45, 2.75) is 5.03 Å². The molecule has 1 aliphatic rings. The fraction of sp³-hybridized carbons (Fsp3) is 0.235. The second-order valence-electron chi connectivity index (χ2n) is 5.38. The molecule has 126 valence electrons. The van der Waals surface area contributed by atoms with Gasteiger partial charge in [-0.3, -0.25) is 0 Å². The van der Waals surface area contributed by atoms with Crippen LogP contribution in [0.25, 0.3) is 5.70 Å². The van der Waals surface area contributed by atoms with Gasteiger partial charge < -0.3 is 15.4 Å². The van der Waals surface area contributed by atoms with Crippen molar-refractivity contribution in [2.24, 2.45) is 0 Å². The summed E-state index contributed by atoms with van der Waals surface area (Å²) in [4.78, 5) is 2.05. The maximum absolute atomic E-state index is 9.52. The van der Waals surface area contributed by atoms with Gasteiger partial charge in [-0.2, -0.15) is 15.6 Å². The Morgan fingerprint density at radius 2 is 1.92 bits per heavy atom. The molecule has 0 saturated carbocycles. The van der Waals surface area contributed by atoms with Crippen LogP contribution in [0.2, 0.25) is 0 Å². The summed E-state index contributed by atoms with van der Waals surface area (Å²) in [5.41, 5.74) is 8.70. The molecule has 0 aliphatic carbocycles. The number of nitriles is 2. The SMILES string of the molecule is COc1ccc(N2CC(C#N)=C(n3nc(SC)c(C#N)c3N)C2)cc1. The quantitative estimate of drug-likeness (QED) is 0.842. The van der Waals surface area contributed by atoms with Gasteiger partial charge >= 0.3 is 0 Å². The molecular formula is C17H16N6OS. The number of methoxy groups -OCH3 is 1. The maximum atomic E-state index is 9.52. The van der Waals surface area contributed by atoms with E-state index in [2.05, 4.69) is 22.1 Å². The summed E-state index contributed by atoms with van der Waals surface area (Å²) in [6, 6.07) is 12.0. The Kier molecular flexibility index (Phi) is 4.55. The highest BCUT2D eigenvalue weighted by Crippen LogP contribution is 2.32. The van der Waals surface area contributed by atoms with Gasteiger partial charge in [0.2, 0.25) is 0 Å². The van der Waals surface area contributed by atoms with E-state index < -0.39 is 0 Å². The molecule has 2 heterocycles. The predicted molar refractivity (Wildman–Crippen MR) is 97.2 cm³/mol. The average molecular weight is 352 g/mol. The molecule has 0 unspecified atom stereocenters. The minimum atomic E-state index is 0.270. The van der Waals surface area contributed by atoms with E-state index in [9.17, 15) is 10.5 Å². The van der Waals surface area contributed by atoms with Gasteiger partial charge in [0, 0.05) is 5.69 Å². The first-order chi connectivity index (χ1) is 12.1. The Bertz CT molecular complexity index is 916. The molecule has 0 radical (unpaired) electrons. The second kappa shape index (κ2) is 6.80. The van der Waals surface area contributed by atoms with Crippen LogP contribution < -0.4 is 15.4 Å². The topological polar surface area (TPSA) is 104 Å². The molecular weight excluding hydrogens is 336 g/mol. The third kappa shape index (κ3) is 2.88. The molecule has 0 spiro atoms. The summed E-state index contributed by atoms with van der Waals surface area (Å²) in [6.07, 6.45) is 1.84. The molecule has 0 amide bonds. The van der Waals surface area contributed by atoms with E-state index >= 15 is 0 Å². The highest BCUT2D eigenvalue weighted by atomic mass is 32.2. The lowest BCUT2D eigenvalue weighted by Crippen LogP contribution is -2.21. The van der Waals surface area contributed by atoms with Crippen LogP contribution in [0.3, 0.4) is 0 Å². The minimum Gasteiger partial charge on any atom is -0.497 e. The van der Waals surface area contributed by atoms with Gasteiger partial charge in [0.25, 0.3) is 0 Å². The number of hydrogen-bond acceptors (Lipinski definition) is 7. The van der Waals surface area contributed by atoms with Gasteiger partial charge in [-0.15, -0.1) is 11.8 Å². The molecule has 8 heteroatoms. The summed E-state index contributed by atoms with van der Waals surface area (Å²) < 4.78 is 6.70. The summed E-state index contributed by atoms with van der Waals surface area (Å²) >= 11 is 1.36. The van der Waals surface area contributed by atoms with E-state index in [1.807, 2.05) is 30.5 Å². The zero-order valence-corrected chi connectivity index (χ0v) is 14.7. The molecule has 0 saturated heterocycles. The van der Waals surface area contributed by atoms with Crippen molar-refractivity contribution in [3.05, 3.63) is 35.4 Å². The number of aromatic nitrogens is 2. The Labute approximate surface area is 149 Å². The number of nitrogens with two attached hydrogens (primary N) is 1. The number of ether oxygens (including phenoxy) is 1. The van der Waals surface area contributed by atoms with Crippen LogP contribution in [0.5, 0.6) is 5.75 Å². The summed E-state index contributed by atoms with van der Waals surface area (Å²) in [6.45, 7) is 0.952. The van der Waals surface area contributed by atoms with Crippen molar-refractivity contribution in [3.63, 3.8) is 0 Å². The van der Waals surface area contributed by atoms with Crippen molar-refractivity contribution in [1.29, 1.82) is 10.5 Å². The zero-order chi connectivity index (χ0) is 18.0. The van der Waals surface area contributed by atoms with Crippen molar-refractivity contribution < 1.29 is 4.74 Å². The van der Waals surface area contributed by atoms with Gasteiger partial charge in [0.15, 0.2) is 0 Å². The van der Waals surface area contributed by atoms with E-state index in [-0.39, 0.29) is 5.82 Å². The van der Waals surface area contributed by atoms with Crippen LogP contribution in [0.15, 0.2) is 34.9 Å². The van der Waals surface area contributed by atoms with Crippen LogP contribution in [0.4, 0.5) is 11.5 Å². The Morgan fingerprint density at radius 1 is 1.20 bits per heavy atom. The smallest absolute Gasteiger partial charge is 0.146 e. The largest absolute Gasteiger partial charge is 0.497 e. The van der Waals surface area contributed by atoms with Gasteiger partial charge in [0.05, 0.1) is 37.5 Å². The highest BCUT2D eigenvalue weighted by molar-refractivity contribution is 7.98. The average Bonchev–Trinajstić information content (AvgIpc) is 3.22. The number of anilines is 2.